The Kier molecular flexibility index (Phi) is 9.76. The third kappa shape index (κ3) is 8.22. The van der Waals surface area contributed by atoms with Crippen LogP contribution in [0.3, 0.4) is 0 Å². The van der Waals surface area contributed by atoms with Crippen molar-refractivity contribution in [2.75, 3.05) is 17.8 Å². The third-order valence-corrected chi connectivity index (χ3v) is 8.97. The number of aryl methyl sites for hydroxylation is 1. The second kappa shape index (κ2) is 13.8. The van der Waals surface area contributed by atoms with Crippen LogP contribution in [0.15, 0.2) is 82.5 Å². The molecule has 1 fully saturated rings. The maximum atomic E-state index is 13.0. The zero-order chi connectivity index (χ0) is 28.5. The van der Waals surface area contributed by atoms with Gasteiger partial charge in [0.2, 0.25) is 11.7 Å². The molecule has 10 heteroatoms. The molecule has 1 atom stereocenters. The van der Waals surface area contributed by atoms with Crippen LogP contribution in [-0.2, 0) is 22.9 Å². The van der Waals surface area contributed by atoms with Crippen molar-refractivity contribution < 1.29 is 18.0 Å². The zero-order valence-corrected chi connectivity index (χ0v) is 23.9. The summed E-state index contributed by atoms with van der Waals surface area (Å²) in [4.78, 5) is 8.68. The average Bonchev–Trinajstić information content (AvgIpc) is 3.69. The van der Waals surface area contributed by atoms with Gasteiger partial charge in [0.15, 0.2) is 0 Å². The van der Waals surface area contributed by atoms with Crippen LogP contribution in [0.2, 0.25) is 0 Å². The largest absolute Gasteiger partial charge is 0.387 e. The molecular weight excluding hydrogens is 538 g/mol. The van der Waals surface area contributed by atoms with E-state index in [9.17, 15) is 13.5 Å². The summed E-state index contributed by atoms with van der Waals surface area (Å²) in [6, 6.07) is 17.4. The molecule has 0 bridgehead atoms. The second-order valence-electron chi connectivity index (χ2n) is 10.6. The first-order valence-electron chi connectivity index (χ1n) is 14.3. The third-order valence-electron chi connectivity index (χ3n) is 7.57. The van der Waals surface area contributed by atoms with Crippen molar-refractivity contribution in [1.82, 2.24) is 20.4 Å². The van der Waals surface area contributed by atoms with Gasteiger partial charge in [0, 0.05) is 42.2 Å². The van der Waals surface area contributed by atoms with E-state index in [0.29, 0.717) is 36.1 Å². The molecule has 5 rings (SSSR count). The average molecular weight is 576 g/mol. The van der Waals surface area contributed by atoms with Crippen LogP contribution in [0.5, 0.6) is 0 Å². The summed E-state index contributed by atoms with van der Waals surface area (Å²) in [5, 5.41) is 17.5. The summed E-state index contributed by atoms with van der Waals surface area (Å²) in [5.41, 5.74) is 3.02. The van der Waals surface area contributed by atoms with E-state index >= 15 is 0 Å². The molecule has 0 saturated heterocycles. The number of sulfonamides is 1. The highest BCUT2D eigenvalue weighted by Crippen LogP contribution is 2.29. The first-order valence-corrected chi connectivity index (χ1v) is 15.8. The van der Waals surface area contributed by atoms with Crippen LogP contribution < -0.4 is 10.0 Å². The molecule has 2 aromatic carbocycles. The van der Waals surface area contributed by atoms with Gasteiger partial charge in [-0.05, 0) is 79.8 Å². The lowest BCUT2D eigenvalue weighted by atomic mass is 10.0. The minimum atomic E-state index is -3.76. The highest BCUT2D eigenvalue weighted by molar-refractivity contribution is 7.92. The smallest absolute Gasteiger partial charge is 0.261 e. The minimum absolute atomic E-state index is 0.155. The zero-order valence-electron chi connectivity index (χ0n) is 23.1. The summed E-state index contributed by atoms with van der Waals surface area (Å²) in [5.74, 6) is 1.93. The number of hydrogen-bond donors (Lipinski definition) is 3. The number of benzene rings is 2. The first-order chi connectivity index (χ1) is 20.0. The van der Waals surface area contributed by atoms with E-state index in [1.54, 1.807) is 54.9 Å². The maximum absolute atomic E-state index is 13.0. The molecule has 1 aliphatic rings. The molecule has 2 heterocycles. The lowest BCUT2D eigenvalue weighted by Gasteiger charge is -2.12. The van der Waals surface area contributed by atoms with E-state index in [0.717, 1.165) is 36.3 Å². The van der Waals surface area contributed by atoms with Gasteiger partial charge in [-0.1, -0.05) is 49.0 Å². The number of pyridine rings is 1. The van der Waals surface area contributed by atoms with Crippen molar-refractivity contribution >= 4 is 15.7 Å². The van der Waals surface area contributed by atoms with Gasteiger partial charge in [-0.2, -0.15) is 4.98 Å². The molecule has 0 amide bonds. The Morgan fingerprint density at radius 2 is 1.78 bits per heavy atom. The van der Waals surface area contributed by atoms with E-state index < -0.39 is 16.1 Å². The summed E-state index contributed by atoms with van der Waals surface area (Å²) in [7, 11) is -3.76. The second-order valence-corrected chi connectivity index (χ2v) is 12.3. The molecule has 3 N–H and O–H groups in total. The molecular formula is C31H37N5O4S. The van der Waals surface area contributed by atoms with Gasteiger partial charge in [0.25, 0.3) is 10.0 Å². The van der Waals surface area contributed by atoms with Crippen molar-refractivity contribution in [1.29, 1.82) is 0 Å². The number of hydrogen-bond acceptors (Lipinski definition) is 8. The number of nitrogens with one attached hydrogen (secondary N) is 2. The lowest BCUT2D eigenvalue weighted by molar-refractivity contribution is 0.174. The van der Waals surface area contributed by atoms with Crippen LogP contribution in [0, 0.1) is 5.92 Å². The molecule has 1 saturated carbocycles. The van der Waals surface area contributed by atoms with Crippen LogP contribution >= 0.6 is 0 Å². The number of rotatable bonds is 14. The minimum Gasteiger partial charge on any atom is -0.387 e. The van der Waals surface area contributed by atoms with E-state index in [-0.39, 0.29) is 4.90 Å². The van der Waals surface area contributed by atoms with Gasteiger partial charge in [-0.25, -0.2) is 8.42 Å². The number of anilines is 1. The lowest BCUT2D eigenvalue weighted by Crippen LogP contribution is -2.23. The van der Waals surface area contributed by atoms with Crippen molar-refractivity contribution in [2.24, 2.45) is 5.92 Å². The molecule has 4 aromatic rings. The van der Waals surface area contributed by atoms with Crippen molar-refractivity contribution in [3.63, 3.8) is 0 Å². The predicted octanol–water partition coefficient (Wildman–Crippen LogP) is 5.31. The molecule has 216 valence electrons. The van der Waals surface area contributed by atoms with Crippen LogP contribution in [-0.4, -0.2) is 41.7 Å². The van der Waals surface area contributed by atoms with Gasteiger partial charge in [0.05, 0.1) is 11.0 Å². The standard InChI is InChI=1S/C31H37N5O4S/c37-29(26-8-4-19-32-21-26)22-33-20-18-24-10-14-27(15-11-24)36-41(38,39)28-16-12-25(13-17-28)31-34-30(40-35-31)9-3-7-23-5-1-2-6-23/h4,8,10-17,19,21,23,29,33,36-37H,1-3,5-7,9,18,20,22H2/t29-/m0/s1. The van der Waals surface area contributed by atoms with Crippen LogP contribution in [0.4, 0.5) is 5.69 Å². The normalized spacial score (nSPS) is 14.8. The number of aromatic nitrogens is 3. The Hall–Kier alpha value is -3.60. The Bertz CT molecular complexity index is 1470. The molecule has 0 aliphatic heterocycles. The van der Waals surface area contributed by atoms with Crippen molar-refractivity contribution in [2.45, 2.75) is 62.4 Å². The SMILES string of the molecule is O=S(=O)(Nc1ccc(CCNC[C@H](O)c2cccnc2)cc1)c1ccc(-c2noc(CCCC3CCCC3)n2)cc1. The molecule has 2 aromatic heterocycles. The summed E-state index contributed by atoms with van der Waals surface area (Å²) in [6.45, 7) is 1.10. The highest BCUT2D eigenvalue weighted by Gasteiger charge is 2.17. The predicted molar refractivity (Wildman–Crippen MR) is 158 cm³/mol. The van der Waals surface area contributed by atoms with Gasteiger partial charge in [-0.3, -0.25) is 9.71 Å². The monoisotopic (exact) mass is 575 g/mol. The van der Waals surface area contributed by atoms with Gasteiger partial charge < -0.3 is 14.9 Å². The summed E-state index contributed by atoms with van der Waals surface area (Å²) >= 11 is 0. The molecule has 0 unspecified atom stereocenters. The Labute approximate surface area is 241 Å². The van der Waals surface area contributed by atoms with E-state index in [1.165, 1.54) is 32.1 Å². The topological polar surface area (TPSA) is 130 Å². The van der Waals surface area contributed by atoms with Gasteiger partial charge >= 0.3 is 0 Å². The van der Waals surface area contributed by atoms with E-state index in [1.807, 2.05) is 18.2 Å². The Morgan fingerprint density at radius 3 is 2.51 bits per heavy atom. The van der Waals surface area contributed by atoms with Crippen molar-refractivity contribution in [3.8, 4) is 11.4 Å². The van der Waals surface area contributed by atoms with Crippen LogP contribution in [0.1, 0.15) is 61.6 Å². The van der Waals surface area contributed by atoms with Crippen molar-refractivity contribution in [3.05, 3.63) is 90.1 Å². The quantitative estimate of drug-likeness (QED) is 0.173. The number of aliphatic hydroxyl groups excluding tert-OH is 1. The fourth-order valence-corrected chi connectivity index (χ4v) is 6.27. The van der Waals surface area contributed by atoms with E-state index in [4.69, 9.17) is 4.52 Å². The molecule has 9 nitrogen and oxygen atoms in total. The maximum Gasteiger partial charge on any atom is 0.261 e. The van der Waals surface area contributed by atoms with Crippen LogP contribution in [0.25, 0.3) is 11.4 Å². The fraction of sp³-hybridized carbons (Fsp3) is 0.387. The Morgan fingerprint density at radius 1 is 1.00 bits per heavy atom. The number of aliphatic hydroxyl groups is 1. The number of nitrogens with zero attached hydrogens (tertiary/aromatic N) is 3. The first kappa shape index (κ1) is 28.9. The Balaban J connectivity index is 1.08. The van der Waals surface area contributed by atoms with E-state index in [2.05, 4.69) is 25.2 Å². The summed E-state index contributed by atoms with van der Waals surface area (Å²) in [6.07, 6.45) is 11.8. The molecule has 0 radical (unpaired) electrons. The molecule has 41 heavy (non-hydrogen) atoms. The molecule has 0 spiro atoms. The van der Waals surface area contributed by atoms with Gasteiger partial charge in [0.1, 0.15) is 0 Å². The molecule has 1 aliphatic carbocycles. The fourth-order valence-electron chi connectivity index (χ4n) is 5.21. The summed E-state index contributed by atoms with van der Waals surface area (Å²) < 4.78 is 34.0. The van der Waals surface area contributed by atoms with Gasteiger partial charge in [-0.15, -0.1) is 0 Å². The highest BCUT2D eigenvalue weighted by atomic mass is 32.2.